The molecule has 1 fully saturated rings. The first kappa shape index (κ1) is 18.7. The number of Topliss-reactive ketones (excluding diaryl/α,β-unsaturated/α-hetero) is 1. The molecule has 28 heavy (non-hydrogen) atoms. The van der Waals surface area contributed by atoms with Crippen LogP contribution in [-0.2, 0) is 11.0 Å². The van der Waals surface area contributed by atoms with E-state index < -0.39 is 34.6 Å². The first-order valence-electron chi connectivity index (χ1n) is 8.18. The molecule has 0 amide bonds. The number of nitrogens with zero attached hydrogens (tertiary/aromatic N) is 1. The SMILES string of the molecule is N#Cc1ccc(C2=C3C2C(=O)[C@@]3(O)COc2ccc(Br)cc2)cc1C(F)(F)F. The molecule has 1 saturated carbocycles. The third-order valence-corrected chi connectivity index (χ3v) is 5.45. The highest BCUT2D eigenvalue weighted by atomic mass is 79.9. The minimum Gasteiger partial charge on any atom is -0.490 e. The first-order chi connectivity index (χ1) is 13.2. The maximum Gasteiger partial charge on any atom is 0.417 e. The van der Waals surface area contributed by atoms with E-state index in [2.05, 4.69) is 15.9 Å². The van der Waals surface area contributed by atoms with Crippen molar-refractivity contribution in [3.05, 3.63) is 69.2 Å². The lowest BCUT2D eigenvalue weighted by molar-refractivity contribution is -0.144. The van der Waals surface area contributed by atoms with Crippen LogP contribution in [0.1, 0.15) is 16.7 Å². The van der Waals surface area contributed by atoms with Crippen molar-refractivity contribution in [2.75, 3.05) is 6.61 Å². The number of halogens is 4. The summed E-state index contributed by atoms with van der Waals surface area (Å²) in [4.78, 5) is 12.3. The van der Waals surface area contributed by atoms with Crippen LogP contribution in [0.25, 0.3) is 5.57 Å². The maximum atomic E-state index is 13.2. The van der Waals surface area contributed by atoms with E-state index in [9.17, 15) is 23.1 Å². The molecule has 0 aromatic heterocycles. The molecule has 142 valence electrons. The fourth-order valence-corrected chi connectivity index (χ4v) is 3.74. The molecular formula is C20H11BrF3NO3. The summed E-state index contributed by atoms with van der Waals surface area (Å²) >= 11 is 3.28. The quantitative estimate of drug-likeness (QED) is 0.762. The summed E-state index contributed by atoms with van der Waals surface area (Å²) in [6, 6.07) is 11.6. The van der Waals surface area contributed by atoms with E-state index in [-0.39, 0.29) is 12.2 Å². The van der Waals surface area contributed by atoms with Crippen molar-refractivity contribution in [1.29, 1.82) is 5.26 Å². The van der Waals surface area contributed by atoms with Crippen LogP contribution in [0.5, 0.6) is 5.75 Å². The van der Waals surface area contributed by atoms with Crippen molar-refractivity contribution in [1.82, 2.24) is 0 Å². The summed E-state index contributed by atoms with van der Waals surface area (Å²) < 4.78 is 45.8. The molecule has 0 radical (unpaired) electrons. The number of hydrogen-bond donors (Lipinski definition) is 1. The Morgan fingerprint density at radius 2 is 1.89 bits per heavy atom. The summed E-state index contributed by atoms with van der Waals surface area (Å²) in [6.07, 6.45) is -4.69. The number of benzene rings is 2. The van der Waals surface area contributed by atoms with Gasteiger partial charge in [-0.05, 0) is 53.1 Å². The second-order valence-electron chi connectivity index (χ2n) is 6.60. The summed E-state index contributed by atoms with van der Waals surface area (Å²) in [7, 11) is 0. The fraction of sp³-hybridized carbons (Fsp3) is 0.200. The van der Waals surface area contributed by atoms with E-state index in [1.54, 1.807) is 24.3 Å². The van der Waals surface area contributed by atoms with Crippen LogP contribution < -0.4 is 4.74 Å². The second-order valence-corrected chi connectivity index (χ2v) is 7.51. The number of allylic oxidation sites excluding steroid dienone is 1. The maximum absolute atomic E-state index is 13.2. The van der Waals surface area contributed by atoms with Crippen LogP contribution >= 0.6 is 15.9 Å². The predicted molar refractivity (Wildman–Crippen MR) is 96.2 cm³/mol. The number of ketones is 1. The molecule has 0 heterocycles. The molecule has 2 aromatic carbocycles. The highest BCUT2D eigenvalue weighted by molar-refractivity contribution is 9.10. The Bertz CT molecular complexity index is 1070. The van der Waals surface area contributed by atoms with Gasteiger partial charge in [0.1, 0.15) is 12.4 Å². The number of aliphatic hydroxyl groups is 1. The van der Waals surface area contributed by atoms with E-state index in [1.807, 2.05) is 0 Å². The van der Waals surface area contributed by atoms with Gasteiger partial charge in [-0.25, -0.2) is 0 Å². The van der Waals surface area contributed by atoms with Crippen LogP contribution in [0, 0.1) is 17.2 Å². The van der Waals surface area contributed by atoms with Crippen molar-refractivity contribution >= 4 is 27.3 Å². The molecular weight excluding hydrogens is 439 g/mol. The smallest absolute Gasteiger partial charge is 0.417 e. The number of fused-ring (bicyclic) bond motifs is 1. The molecule has 8 heteroatoms. The van der Waals surface area contributed by atoms with Gasteiger partial charge in [-0.2, -0.15) is 18.4 Å². The summed E-state index contributed by atoms with van der Waals surface area (Å²) in [6.45, 7) is -0.314. The molecule has 2 aromatic rings. The van der Waals surface area contributed by atoms with Crippen molar-refractivity contribution in [3.8, 4) is 11.8 Å². The summed E-state index contributed by atoms with van der Waals surface area (Å²) in [5, 5.41) is 19.5. The molecule has 2 aliphatic rings. The Kier molecular flexibility index (Phi) is 4.14. The van der Waals surface area contributed by atoms with Crippen LogP contribution in [0.2, 0.25) is 0 Å². The molecule has 0 bridgehead atoms. The zero-order valence-corrected chi connectivity index (χ0v) is 15.6. The summed E-state index contributed by atoms with van der Waals surface area (Å²) in [5.41, 5.74) is -2.45. The Balaban J connectivity index is 1.60. The fourth-order valence-electron chi connectivity index (χ4n) is 3.47. The minimum atomic E-state index is -4.69. The van der Waals surface area contributed by atoms with Crippen LogP contribution in [0.3, 0.4) is 0 Å². The van der Waals surface area contributed by atoms with Crippen LogP contribution in [0.15, 0.2) is 52.5 Å². The molecule has 4 nitrogen and oxygen atoms in total. The van der Waals surface area contributed by atoms with E-state index in [1.165, 1.54) is 12.1 Å². The Hall–Kier alpha value is -2.63. The van der Waals surface area contributed by atoms with Gasteiger partial charge in [-0.3, -0.25) is 4.79 Å². The Labute approximate surface area is 166 Å². The average Bonchev–Trinajstić information content (AvgIpc) is 3.39. The lowest BCUT2D eigenvalue weighted by Gasteiger charge is -2.32. The zero-order chi connectivity index (χ0) is 20.3. The molecule has 2 atom stereocenters. The Morgan fingerprint density at radius 1 is 1.21 bits per heavy atom. The van der Waals surface area contributed by atoms with Crippen molar-refractivity contribution in [2.24, 2.45) is 5.92 Å². The number of nitriles is 1. The summed E-state index contributed by atoms with van der Waals surface area (Å²) in [5.74, 6) is -0.714. The van der Waals surface area contributed by atoms with Gasteiger partial charge in [-0.15, -0.1) is 0 Å². The Morgan fingerprint density at radius 3 is 2.50 bits per heavy atom. The van der Waals surface area contributed by atoms with Crippen molar-refractivity contribution in [2.45, 2.75) is 11.8 Å². The van der Waals surface area contributed by atoms with Gasteiger partial charge in [0.2, 0.25) is 0 Å². The third kappa shape index (κ3) is 2.82. The van der Waals surface area contributed by atoms with Gasteiger partial charge in [0.15, 0.2) is 11.4 Å². The van der Waals surface area contributed by atoms with Crippen LogP contribution in [-0.4, -0.2) is 23.1 Å². The first-order valence-corrected chi connectivity index (χ1v) is 8.97. The predicted octanol–water partition coefficient (Wildman–Crippen LogP) is 4.12. The second kappa shape index (κ2) is 6.19. The van der Waals surface area contributed by atoms with Crippen molar-refractivity contribution < 1.29 is 27.8 Å². The lowest BCUT2D eigenvalue weighted by Crippen LogP contribution is -2.53. The van der Waals surface area contributed by atoms with Gasteiger partial charge in [0, 0.05) is 4.47 Å². The van der Waals surface area contributed by atoms with Gasteiger partial charge < -0.3 is 9.84 Å². The molecule has 2 aliphatic carbocycles. The number of hydrogen-bond acceptors (Lipinski definition) is 4. The molecule has 4 rings (SSSR count). The average molecular weight is 450 g/mol. The van der Waals surface area contributed by atoms with Gasteiger partial charge in [0.25, 0.3) is 0 Å². The largest absolute Gasteiger partial charge is 0.490 e. The van der Waals surface area contributed by atoms with Gasteiger partial charge in [-0.1, -0.05) is 22.0 Å². The van der Waals surface area contributed by atoms with Gasteiger partial charge >= 0.3 is 6.18 Å². The van der Waals surface area contributed by atoms with E-state index in [0.717, 1.165) is 16.6 Å². The zero-order valence-electron chi connectivity index (χ0n) is 14.0. The number of ether oxygens (including phenoxy) is 1. The monoisotopic (exact) mass is 449 g/mol. The van der Waals surface area contributed by atoms with E-state index in [4.69, 9.17) is 10.00 Å². The van der Waals surface area contributed by atoms with Crippen LogP contribution in [0.4, 0.5) is 13.2 Å². The highest BCUT2D eigenvalue weighted by Crippen LogP contribution is 2.63. The normalized spacial score (nSPS) is 23.0. The number of alkyl halides is 3. The number of carbonyl (C=O) groups excluding carboxylic acids is 1. The molecule has 1 unspecified atom stereocenters. The topological polar surface area (TPSA) is 70.3 Å². The van der Waals surface area contributed by atoms with Gasteiger partial charge in [0.05, 0.1) is 23.1 Å². The third-order valence-electron chi connectivity index (χ3n) is 4.92. The number of rotatable bonds is 4. The standard InChI is InChI=1S/C20H11BrF3NO3/c21-12-3-5-13(6-4-12)28-9-19(27)17-15(16(17)18(19)26)10-1-2-11(8-25)14(7-10)20(22,23)24/h1-7,16,27H,9H2/t16?,19-/m1/s1. The molecule has 0 saturated heterocycles. The van der Waals surface area contributed by atoms with E-state index >= 15 is 0 Å². The van der Waals surface area contributed by atoms with E-state index in [0.29, 0.717) is 16.9 Å². The molecule has 0 spiro atoms. The highest BCUT2D eigenvalue weighted by Gasteiger charge is 2.69. The molecule has 1 N–H and O–H groups in total. The lowest BCUT2D eigenvalue weighted by atomic mass is 9.78. The molecule has 0 aliphatic heterocycles. The number of carbonyl (C=O) groups is 1. The minimum absolute atomic E-state index is 0.180. The van der Waals surface area contributed by atoms with Crippen molar-refractivity contribution in [3.63, 3.8) is 0 Å².